The number of anilines is 3. The topological polar surface area (TPSA) is 128 Å². The molecule has 1 aliphatic carbocycles. The Kier molecular flexibility index (Phi) is 7.09. The molecule has 2 N–H and O–H groups in total. The van der Waals surface area contributed by atoms with Crippen LogP contribution in [0.1, 0.15) is 57.1 Å². The van der Waals surface area contributed by atoms with Crippen molar-refractivity contribution in [1.82, 2.24) is 14.5 Å². The number of sulfone groups is 1. The molecule has 1 amide bonds. The van der Waals surface area contributed by atoms with Crippen molar-refractivity contribution in [3.05, 3.63) is 35.7 Å². The molecule has 1 saturated heterocycles. The third kappa shape index (κ3) is 5.63. The largest absolute Gasteiger partial charge is 0.358 e. The van der Waals surface area contributed by atoms with Gasteiger partial charge in [-0.2, -0.15) is 0 Å². The molecule has 4 heterocycles. The average molecular weight is 619 g/mol. The van der Waals surface area contributed by atoms with Crippen LogP contribution in [0.3, 0.4) is 0 Å². The standard InChI is InChI=1S/C28H32F2N6O4S2/c1-15-31-23-19(32-18-9-8-16(11-20(18)42(4,38)39)26-35-27(2,3)14-41-26)12-21(34-25(37)17-13-28(17,29)30)33-24(23)36(15)22-7-5-6-10-40-22/h8-9,11-12,17,22H,5-7,10,13-14H2,1-4H3,(H2,32,33,34,37). The normalized spacial score (nSPS) is 23.0. The summed E-state index contributed by atoms with van der Waals surface area (Å²) in [7, 11) is -3.69. The minimum Gasteiger partial charge on any atom is -0.358 e. The minimum atomic E-state index is -3.69. The molecule has 14 heteroatoms. The predicted octanol–water partition coefficient (Wildman–Crippen LogP) is 5.45. The fraction of sp³-hybridized carbons (Fsp3) is 0.500. The second kappa shape index (κ2) is 10.3. The zero-order valence-electron chi connectivity index (χ0n) is 23.7. The maximum atomic E-state index is 13.6. The van der Waals surface area contributed by atoms with Crippen LogP contribution in [0.15, 0.2) is 34.2 Å². The van der Waals surface area contributed by atoms with Gasteiger partial charge in [0.2, 0.25) is 5.91 Å². The van der Waals surface area contributed by atoms with Crippen molar-refractivity contribution >= 4 is 60.9 Å². The van der Waals surface area contributed by atoms with Crippen LogP contribution >= 0.6 is 11.8 Å². The van der Waals surface area contributed by atoms with Crippen LogP contribution < -0.4 is 10.6 Å². The van der Waals surface area contributed by atoms with Gasteiger partial charge in [-0.1, -0.05) is 6.07 Å². The Bertz CT molecular complexity index is 1730. The molecule has 2 unspecified atom stereocenters. The number of aromatic nitrogens is 3. The lowest BCUT2D eigenvalue weighted by atomic mass is 10.1. The Morgan fingerprint density at radius 3 is 2.55 bits per heavy atom. The molecule has 3 aromatic rings. The lowest BCUT2D eigenvalue weighted by Gasteiger charge is -2.25. The number of amides is 1. The Morgan fingerprint density at radius 1 is 1.17 bits per heavy atom. The van der Waals surface area contributed by atoms with Crippen molar-refractivity contribution in [3.63, 3.8) is 0 Å². The van der Waals surface area contributed by atoms with Crippen molar-refractivity contribution in [1.29, 1.82) is 0 Å². The number of pyridine rings is 1. The third-order valence-electron chi connectivity index (χ3n) is 7.53. The molecule has 1 saturated carbocycles. The number of nitrogens with one attached hydrogen (secondary N) is 2. The molecule has 2 aliphatic heterocycles. The van der Waals surface area contributed by atoms with Gasteiger partial charge < -0.3 is 15.4 Å². The summed E-state index contributed by atoms with van der Waals surface area (Å²) in [4.78, 5) is 26.7. The van der Waals surface area contributed by atoms with Gasteiger partial charge in [-0.05, 0) is 52.2 Å². The minimum absolute atomic E-state index is 0.0473. The number of halogens is 2. The van der Waals surface area contributed by atoms with E-state index >= 15 is 0 Å². The molecule has 42 heavy (non-hydrogen) atoms. The molecule has 0 bridgehead atoms. The number of aryl methyl sites for hydroxylation is 1. The molecular formula is C28H32F2N6O4S2. The van der Waals surface area contributed by atoms with Crippen molar-refractivity contribution in [2.45, 2.75) is 69.0 Å². The van der Waals surface area contributed by atoms with Gasteiger partial charge in [-0.15, -0.1) is 11.8 Å². The molecule has 0 radical (unpaired) electrons. The molecule has 10 nitrogen and oxygen atoms in total. The summed E-state index contributed by atoms with van der Waals surface area (Å²) in [5.74, 6) is -3.82. The summed E-state index contributed by atoms with van der Waals surface area (Å²) in [6.07, 6.45) is 2.92. The van der Waals surface area contributed by atoms with Crippen LogP contribution in [0.25, 0.3) is 11.2 Å². The monoisotopic (exact) mass is 618 g/mol. The maximum absolute atomic E-state index is 13.6. The first-order valence-corrected chi connectivity index (χ1v) is 16.6. The molecule has 2 atom stereocenters. The quantitative estimate of drug-likeness (QED) is 0.358. The third-order valence-corrected chi connectivity index (χ3v) is 10.1. The molecule has 2 fully saturated rings. The second-order valence-corrected chi connectivity index (χ2v) is 14.7. The fourth-order valence-electron chi connectivity index (χ4n) is 5.26. The Labute approximate surface area is 246 Å². The summed E-state index contributed by atoms with van der Waals surface area (Å²) in [6.45, 7) is 6.43. The smallest absolute Gasteiger partial charge is 0.260 e. The molecule has 0 spiro atoms. The van der Waals surface area contributed by atoms with Crippen LogP contribution in [0.4, 0.5) is 26.0 Å². The Hall–Kier alpha value is -3.10. The Morgan fingerprint density at radius 2 is 1.93 bits per heavy atom. The first-order valence-electron chi connectivity index (χ1n) is 13.8. The van der Waals surface area contributed by atoms with E-state index < -0.39 is 34.0 Å². The summed E-state index contributed by atoms with van der Waals surface area (Å²) < 4.78 is 61.0. The first-order chi connectivity index (χ1) is 19.7. The number of fused-ring (bicyclic) bond motifs is 1. The maximum Gasteiger partial charge on any atom is 0.260 e. The van der Waals surface area contributed by atoms with Crippen LogP contribution in [0.5, 0.6) is 0 Å². The number of imidazole rings is 1. The van der Waals surface area contributed by atoms with Gasteiger partial charge in [0.1, 0.15) is 29.3 Å². The van der Waals surface area contributed by atoms with E-state index in [-0.39, 0.29) is 22.5 Å². The number of aliphatic imine (C=N–C) groups is 1. The van der Waals surface area contributed by atoms with Crippen LogP contribution in [0.2, 0.25) is 0 Å². The molecule has 2 aromatic heterocycles. The van der Waals surface area contributed by atoms with Crippen LogP contribution in [0, 0.1) is 12.8 Å². The van der Waals surface area contributed by atoms with E-state index in [0.29, 0.717) is 40.5 Å². The van der Waals surface area contributed by atoms with Gasteiger partial charge in [0, 0.05) is 36.7 Å². The lowest BCUT2D eigenvalue weighted by molar-refractivity contribution is -0.119. The highest BCUT2D eigenvalue weighted by atomic mass is 32.2. The number of nitrogens with zero attached hydrogens (tertiary/aromatic N) is 4. The number of alkyl halides is 2. The number of benzene rings is 1. The zero-order valence-corrected chi connectivity index (χ0v) is 25.3. The zero-order chi connectivity index (χ0) is 30.0. The van der Waals surface area contributed by atoms with E-state index in [1.807, 2.05) is 25.3 Å². The number of hydrogen-bond donors (Lipinski definition) is 2. The molecule has 6 rings (SSSR count). The molecule has 3 aliphatic rings. The summed E-state index contributed by atoms with van der Waals surface area (Å²) in [6, 6.07) is 6.56. The van der Waals surface area contributed by atoms with Gasteiger partial charge in [0.15, 0.2) is 15.5 Å². The number of thioether (sulfide) groups is 1. The fourth-order valence-corrected chi connectivity index (χ4v) is 7.28. The van der Waals surface area contributed by atoms with E-state index in [1.54, 1.807) is 30.0 Å². The summed E-state index contributed by atoms with van der Waals surface area (Å²) in [5, 5.41) is 6.49. The summed E-state index contributed by atoms with van der Waals surface area (Å²) >= 11 is 1.57. The predicted molar refractivity (Wildman–Crippen MR) is 159 cm³/mol. The number of ether oxygens (including phenoxy) is 1. The van der Waals surface area contributed by atoms with E-state index in [9.17, 15) is 22.0 Å². The number of carbonyl (C=O) groups is 1. The highest BCUT2D eigenvalue weighted by molar-refractivity contribution is 8.14. The van der Waals surface area contributed by atoms with Gasteiger partial charge in [0.25, 0.3) is 5.92 Å². The first kappa shape index (κ1) is 29.0. The molecule has 224 valence electrons. The van der Waals surface area contributed by atoms with E-state index in [1.165, 1.54) is 6.07 Å². The summed E-state index contributed by atoms with van der Waals surface area (Å²) in [5.41, 5.74) is 1.93. The SMILES string of the molecule is Cc1nc2c(Nc3ccc(C4=NC(C)(C)CS4)cc3S(C)(=O)=O)cc(NC(=O)C3CC3(F)F)nc2n1C1CCCCO1. The van der Waals surface area contributed by atoms with E-state index in [4.69, 9.17) is 14.7 Å². The van der Waals surface area contributed by atoms with Crippen molar-refractivity contribution in [2.75, 3.05) is 29.2 Å². The van der Waals surface area contributed by atoms with Gasteiger partial charge in [-0.25, -0.2) is 27.2 Å². The number of hydrogen-bond acceptors (Lipinski definition) is 9. The van der Waals surface area contributed by atoms with Gasteiger partial charge in [0.05, 0.1) is 26.9 Å². The highest BCUT2D eigenvalue weighted by Gasteiger charge is 2.61. The van der Waals surface area contributed by atoms with Gasteiger partial charge in [-0.3, -0.25) is 14.4 Å². The molecular weight excluding hydrogens is 586 g/mol. The Balaban J connectivity index is 1.44. The van der Waals surface area contributed by atoms with Crippen molar-refractivity contribution in [3.8, 4) is 0 Å². The highest BCUT2D eigenvalue weighted by Crippen LogP contribution is 2.49. The van der Waals surface area contributed by atoms with Crippen LogP contribution in [-0.4, -0.2) is 64.0 Å². The van der Waals surface area contributed by atoms with E-state index in [0.717, 1.165) is 36.3 Å². The number of carbonyl (C=O) groups excluding carboxylic acids is 1. The van der Waals surface area contributed by atoms with E-state index in [2.05, 4.69) is 15.6 Å². The lowest BCUT2D eigenvalue weighted by Crippen LogP contribution is -2.20. The van der Waals surface area contributed by atoms with Crippen molar-refractivity contribution < 1.29 is 26.7 Å². The van der Waals surface area contributed by atoms with Gasteiger partial charge >= 0.3 is 0 Å². The van der Waals surface area contributed by atoms with Crippen molar-refractivity contribution in [2.24, 2.45) is 10.9 Å². The second-order valence-electron chi connectivity index (χ2n) is 11.7. The molecule has 1 aromatic carbocycles. The average Bonchev–Trinajstić information content (AvgIpc) is 3.21. The van der Waals surface area contributed by atoms with Crippen LogP contribution in [-0.2, 0) is 19.4 Å². The number of rotatable bonds is 7.